The maximum absolute atomic E-state index is 12.4. The first-order valence-corrected chi connectivity index (χ1v) is 7.34. The molecule has 8 heteroatoms. The van der Waals surface area contributed by atoms with Crippen molar-refractivity contribution in [1.82, 2.24) is 0 Å². The average molecular weight is 344 g/mol. The normalized spacial score (nSPS) is 11.0. The number of rotatable bonds is 7. The molecular weight excluding hydrogens is 326 g/mol. The average Bonchev–Trinajstić information content (AvgIpc) is 2.55. The lowest BCUT2D eigenvalue weighted by Crippen LogP contribution is -2.45. The SMILES string of the molecule is CCCCC(C(=O)OC)(C(=O)OC)c1ccc([N+](=O)[O-])cc1Cl. The summed E-state index contributed by atoms with van der Waals surface area (Å²) in [6, 6.07) is 3.58. The molecule has 0 aliphatic rings. The summed E-state index contributed by atoms with van der Waals surface area (Å²) in [4.78, 5) is 35.0. The third kappa shape index (κ3) is 3.61. The highest BCUT2D eigenvalue weighted by Gasteiger charge is 2.50. The molecule has 0 unspecified atom stereocenters. The van der Waals surface area contributed by atoms with Gasteiger partial charge in [0.25, 0.3) is 5.69 Å². The highest BCUT2D eigenvalue weighted by molar-refractivity contribution is 6.32. The van der Waals surface area contributed by atoms with Crippen LogP contribution in [-0.4, -0.2) is 31.1 Å². The topological polar surface area (TPSA) is 95.7 Å². The number of halogens is 1. The molecule has 1 aromatic carbocycles. The second kappa shape index (κ2) is 7.92. The van der Waals surface area contributed by atoms with Crippen molar-refractivity contribution in [3.63, 3.8) is 0 Å². The van der Waals surface area contributed by atoms with E-state index in [0.29, 0.717) is 6.42 Å². The summed E-state index contributed by atoms with van der Waals surface area (Å²) >= 11 is 6.12. The van der Waals surface area contributed by atoms with Gasteiger partial charge in [0.05, 0.1) is 24.2 Å². The van der Waals surface area contributed by atoms with E-state index >= 15 is 0 Å². The number of hydrogen-bond donors (Lipinski definition) is 0. The Morgan fingerprint density at radius 3 is 2.22 bits per heavy atom. The van der Waals surface area contributed by atoms with Gasteiger partial charge in [-0.2, -0.15) is 0 Å². The number of non-ortho nitro benzene ring substituents is 1. The molecule has 0 N–H and O–H groups in total. The number of unbranched alkanes of at least 4 members (excludes halogenated alkanes) is 1. The number of nitrogens with zero attached hydrogens (tertiary/aromatic N) is 1. The van der Waals surface area contributed by atoms with Gasteiger partial charge in [-0.05, 0) is 18.1 Å². The van der Waals surface area contributed by atoms with Crippen LogP contribution in [0.2, 0.25) is 5.02 Å². The zero-order valence-electron chi connectivity index (χ0n) is 13.1. The first-order chi connectivity index (χ1) is 10.8. The molecule has 1 aromatic rings. The van der Waals surface area contributed by atoms with Crippen LogP contribution in [0.4, 0.5) is 5.69 Å². The molecule has 0 aliphatic carbocycles. The first-order valence-electron chi connectivity index (χ1n) is 6.96. The van der Waals surface area contributed by atoms with Gasteiger partial charge in [-0.15, -0.1) is 0 Å². The molecule has 0 amide bonds. The molecule has 126 valence electrons. The summed E-state index contributed by atoms with van der Waals surface area (Å²) < 4.78 is 9.58. The summed E-state index contributed by atoms with van der Waals surface area (Å²) in [5, 5.41) is 10.8. The summed E-state index contributed by atoms with van der Waals surface area (Å²) in [7, 11) is 2.32. The molecule has 0 bridgehead atoms. The minimum atomic E-state index is -1.74. The number of nitro groups is 1. The predicted molar refractivity (Wildman–Crippen MR) is 83.3 cm³/mol. The summed E-state index contributed by atoms with van der Waals surface area (Å²) in [6.45, 7) is 1.90. The Labute approximate surface area is 138 Å². The number of methoxy groups -OCH3 is 2. The van der Waals surface area contributed by atoms with Crippen LogP contribution in [0, 0.1) is 10.1 Å². The Morgan fingerprint density at radius 1 is 1.26 bits per heavy atom. The molecule has 0 fully saturated rings. The predicted octanol–water partition coefficient (Wildman–Crippen LogP) is 3.02. The minimum absolute atomic E-state index is 0.0638. The van der Waals surface area contributed by atoms with E-state index in [4.69, 9.17) is 21.1 Å². The maximum Gasteiger partial charge on any atom is 0.327 e. The van der Waals surface area contributed by atoms with Crippen LogP contribution >= 0.6 is 11.6 Å². The third-order valence-corrected chi connectivity index (χ3v) is 3.91. The highest BCUT2D eigenvalue weighted by atomic mass is 35.5. The van der Waals surface area contributed by atoms with Crippen molar-refractivity contribution in [2.45, 2.75) is 31.6 Å². The van der Waals surface area contributed by atoms with Gasteiger partial charge in [0, 0.05) is 12.1 Å². The molecular formula is C15H18ClNO6. The van der Waals surface area contributed by atoms with E-state index in [1.165, 1.54) is 12.1 Å². The lowest BCUT2D eigenvalue weighted by molar-refractivity contribution is -0.384. The molecule has 0 aromatic heterocycles. The van der Waals surface area contributed by atoms with Crippen LogP contribution in [0.15, 0.2) is 18.2 Å². The fourth-order valence-electron chi connectivity index (χ4n) is 2.40. The quantitative estimate of drug-likeness (QED) is 0.327. The van der Waals surface area contributed by atoms with Crippen LogP contribution in [0.3, 0.4) is 0 Å². The second-order valence-corrected chi connectivity index (χ2v) is 5.32. The van der Waals surface area contributed by atoms with E-state index < -0.39 is 22.3 Å². The van der Waals surface area contributed by atoms with Crippen molar-refractivity contribution in [1.29, 1.82) is 0 Å². The van der Waals surface area contributed by atoms with E-state index in [1.807, 2.05) is 6.92 Å². The molecule has 0 saturated carbocycles. The second-order valence-electron chi connectivity index (χ2n) is 4.91. The molecule has 0 atom stereocenters. The summed E-state index contributed by atoms with van der Waals surface area (Å²) in [5.74, 6) is -1.62. The van der Waals surface area contributed by atoms with Gasteiger partial charge in [-0.1, -0.05) is 31.4 Å². The minimum Gasteiger partial charge on any atom is -0.468 e. The Balaban J connectivity index is 3.58. The first kappa shape index (κ1) is 18.9. The standard InChI is InChI=1S/C15H18ClNO6/c1-4-5-8-15(13(18)22-2,14(19)23-3)11-7-6-10(17(20)21)9-12(11)16/h6-7,9H,4-5,8H2,1-3H3. The number of carbonyl (C=O) groups excluding carboxylic acids is 2. The number of ether oxygens (including phenoxy) is 2. The fraction of sp³-hybridized carbons (Fsp3) is 0.467. The lowest BCUT2D eigenvalue weighted by atomic mass is 9.76. The molecule has 0 radical (unpaired) electrons. The molecule has 23 heavy (non-hydrogen) atoms. The van der Waals surface area contributed by atoms with Crippen LogP contribution in [0.1, 0.15) is 31.7 Å². The van der Waals surface area contributed by atoms with Crippen molar-refractivity contribution in [3.8, 4) is 0 Å². The van der Waals surface area contributed by atoms with Crippen LogP contribution < -0.4 is 0 Å². The number of carbonyl (C=O) groups is 2. The molecule has 0 spiro atoms. The molecule has 0 saturated heterocycles. The van der Waals surface area contributed by atoms with Crippen molar-refractivity contribution >= 4 is 29.2 Å². The van der Waals surface area contributed by atoms with Gasteiger partial charge in [0.2, 0.25) is 0 Å². The van der Waals surface area contributed by atoms with E-state index in [-0.39, 0.29) is 22.7 Å². The molecule has 7 nitrogen and oxygen atoms in total. The number of benzene rings is 1. The zero-order valence-corrected chi connectivity index (χ0v) is 13.9. The monoisotopic (exact) mass is 343 g/mol. The fourth-order valence-corrected chi connectivity index (χ4v) is 2.73. The van der Waals surface area contributed by atoms with E-state index in [0.717, 1.165) is 26.7 Å². The zero-order chi connectivity index (χ0) is 17.6. The Morgan fingerprint density at radius 2 is 1.83 bits per heavy atom. The van der Waals surface area contributed by atoms with Crippen LogP contribution in [0.5, 0.6) is 0 Å². The summed E-state index contributed by atoms with van der Waals surface area (Å²) in [6.07, 6.45) is 1.39. The van der Waals surface area contributed by atoms with Gasteiger partial charge >= 0.3 is 11.9 Å². The molecule has 1 rings (SSSR count). The van der Waals surface area contributed by atoms with Crippen molar-refractivity contribution < 1.29 is 24.0 Å². The Hall–Kier alpha value is -2.15. The maximum atomic E-state index is 12.4. The number of esters is 2. The third-order valence-electron chi connectivity index (χ3n) is 3.60. The Kier molecular flexibility index (Phi) is 6.50. The van der Waals surface area contributed by atoms with Gasteiger partial charge < -0.3 is 9.47 Å². The van der Waals surface area contributed by atoms with E-state index in [9.17, 15) is 19.7 Å². The highest BCUT2D eigenvalue weighted by Crippen LogP contribution is 2.38. The number of nitro benzene ring substituents is 1. The molecule has 0 heterocycles. The van der Waals surface area contributed by atoms with E-state index in [2.05, 4.69) is 0 Å². The van der Waals surface area contributed by atoms with Crippen molar-refractivity contribution in [2.75, 3.05) is 14.2 Å². The molecule has 0 aliphatic heterocycles. The Bertz CT molecular complexity index is 600. The van der Waals surface area contributed by atoms with Gasteiger partial charge in [-0.25, -0.2) is 0 Å². The van der Waals surface area contributed by atoms with Crippen molar-refractivity contribution in [3.05, 3.63) is 38.9 Å². The number of hydrogen-bond acceptors (Lipinski definition) is 6. The lowest BCUT2D eigenvalue weighted by Gasteiger charge is -2.29. The smallest absolute Gasteiger partial charge is 0.327 e. The van der Waals surface area contributed by atoms with Crippen LogP contribution in [0.25, 0.3) is 0 Å². The summed E-state index contributed by atoms with van der Waals surface area (Å²) in [5.41, 5.74) is -1.85. The van der Waals surface area contributed by atoms with E-state index in [1.54, 1.807) is 0 Å². The van der Waals surface area contributed by atoms with Gasteiger partial charge in [0.15, 0.2) is 5.41 Å². The van der Waals surface area contributed by atoms with Gasteiger partial charge in [0.1, 0.15) is 0 Å². The van der Waals surface area contributed by atoms with Gasteiger partial charge in [-0.3, -0.25) is 19.7 Å². The largest absolute Gasteiger partial charge is 0.468 e. The van der Waals surface area contributed by atoms with Crippen LogP contribution in [-0.2, 0) is 24.5 Å². The van der Waals surface area contributed by atoms with Crippen molar-refractivity contribution in [2.24, 2.45) is 0 Å².